The van der Waals surface area contributed by atoms with Gasteiger partial charge in [0.05, 0.1) is 11.1 Å². The van der Waals surface area contributed by atoms with E-state index in [0.717, 1.165) is 0 Å². The Bertz CT molecular complexity index is 1870. The van der Waals surface area contributed by atoms with Gasteiger partial charge in [0.1, 0.15) is 35.4 Å². The van der Waals surface area contributed by atoms with E-state index in [0.29, 0.717) is 54.6 Å². The molecule has 0 spiro atoms. The molecule has 0 aliphatic heterocycles. The van der Waals surface area contributed by atoms with E-state index in [1.54, 1.807) is 0 Å². The number of rotatable bonds is 2. The second-order valence-corrected chi connectivity index (χ2v) is 8.87. The molecule has 0 atom stereocenters. The summed E-state index contributed by atoms with van der Waals surface area (Å²) in [5.41, 5.74) is 2.22. The molecule has 0 bridgehead atoms. The Morgan fingerprint density at radius 1 is 0.421 bits per heavy atom. The van der Waals surface area contributed by atoms with Gasteiger partial charge < -0.3 is 0 Å². The molecule has 0 aliphatic rings. The molecule has 0 radical (unpaired) electrons. The molecule has 0 heterocycles. The highest BCUT2D eigenvalue weighted by atomic mass is 19.1. The molecule has 0 N–H and O–H groups in total. The second kappa shape index (κ2) is 8.73. The van der Waals surface area contributed by atoms with E-state index in [2.05, 4.69) is 12.1 Å². The van der Waals surface area contributed by atoms with Gasteiger partial charge in [0.2, 0.25) is 0 Å². The first-order valence-electron chi connectivity index (χ1n) is 11.6. The molecular weight excluding hydrogens is 488 g/mol. The molecule has 0 fully saturated rings. The minimum absolute atomic E-state index is 0.113. The fraction of sp³-hybridized carbons (Fsp3) is 0. The van der Waals surface area contributed by atoms with Gasteiger partial charge in [0, 0.05) is 21.5 Å². The molecule has 0 saturated heterocycles. The number of benzene rings is 6. The molecule has 6 aromatic rings. The van der Waals surface area contributed by atoms with Crippen molar-refractivity contribution in [3.05, 3.63) is 119 Å². The van der Waals surface area contributed by atoms with E-state index in [9.17, 15) is 28.1 Å². The van der Waals surface area contributed by atoms with Gasteiger partial charge >= 0.3 is 0 Å². The van der Waals surface area contributed by atoms with E-state index in [1.165, 1.54) is 84.9 Å². The summed E-state index contributed by atoms with van der Waals surface area (Å²) < 4.78 is 56.9. The number of nitrogens with zero attached hydrogens (tertiary/aromatic N) is 2. The van der Waals surface area contributed by atoms with Gasteiger partial charge in [-0.1, -0.05) is 36.4 Å². The quantitative estimate of drug-likeness (QED) is 0.175. The molecule has 0 amide bonds. The Morgan fingerprint density at radius 2 is 0.763 bits per heavy atom. The summed E-state index contributed by atoms with van der Waals surface area (Å²) in [6.45, 7) is 0. The average Bonchev–Trinajstić information content (AvgIpc) is 2.92. The summed E-state index contributed by atoms with van der Waals surface area (Å²) >= 11 is 0. The van der Waals surface area contributed by atoms with Crippen LogP contribution in [0.3, 0.4) is 0 Å². The first kappa shape index (κ1) is 23.2. The van der Waals surface area contributed by atoms with Crippen molar-refractivity contribution in [1.82, 2.24) is 0 Å². The minimum atomic E-state index is -0.565. The molecule has 0 aliphatic carbocycles. The third kappa shape index (κ3) is 3.47. The van der Waals surface area contributed by atoms with Crippen molar-refractivity contribution in [2.75, 3.05) is 0 Å². The van der Waals surface area contributed by atoms with Crippen molar-refractivity contribution >= 4 is 32.3 Å². The Kier molecular flexibility index (Phi) is 5.33. The van der Waals surface area contributed by atoms with Crippen molar-refractivity contribution in [2.24, 2.45) is 0 Å². The second-order valence-electron chi connectivity index (χ2n) is 8.87. The smallest absolute Gasteiger partial charge is 0.123 e. The van der Waals surface area contributed by atoms with Gasteiger partial charge in [0.25, 0.3) is 0 Å². The molecule has 0 aromatic heterocycles. The van der Waals surface area contributed by atoms with Crippen LogP contribution in [0.2, 0.25) is 0 Å². The predicted octanol–water partition coefficient (Wildman–Crippen LogP) is 8.78. The lowest BCUT2D eigenvalue weighted by molar-refractivity contribution is 0.627. The maximum absolute atomic E-state index is 14.6. The summed E-state index contributed by atoms with van der Waals surface area (Å²) in [5, 5.41) is 23.0. The van der Waals surface area contributed by atoms with Crippen LogP contribution in [0.5, 0.6) is 0 Å². The van der Waals surface area contributed by atoms with Gasteiger partial charge in [0.15, 0.2) is 0 Å². The van der Waals surface area contributed by atoms with Crippen LogP contribution < -0.4 is 0 Å². The molecule has 6 heteroatoms. The first-order chi connectivity index (χ1) is 18.4. The van der Waals surface area contributed by atoms with E-state index in [1.807, 2.05) is 0 Å². The van der Waals surface area contributed by atoms with Crippen molar-refractivity contribution in [3.8, 4) is 34.4 Å². The van der Waals surface area contributed by atoms with Gasteiger partial charge in [-0.3, -0.25) is 0 Å². The minimum Gasteiger partial charge on any atom is -0.207 e. The number of nitriles is 2. The average molecular weight is 502 g/mol. The SMILES string of the molecule is N#Cc1c2cc(F)ccc2c(-c2ccc(F)cc2)c2c(C#N)c3cc(F)ccc3c(-c3ccc(F)cc3)c12. The molecular formula is C32H14F4N2. The van der Waals surface area contributed by atoms with Crippen molar-refractivity contribution in [1.29, 1.82) is 10.5 Å². The lowest BCUT2D eigenvalue weighted by Gasteiger charge is -2.21. The summed E-state index contributed by atoms with van der Waals surface area (Å²) in [6.07, 6.45) is 0. The maximum Gasteiger partial charge on any atom is 0.123 e. The summed E-state index contributed by atoms with van der Waals surface area (Å²) in [7, 11) is 0. The predicted molar refractivity (Wildman–Crippen MR) is 139 cm³/mol. The molecule has 38 heavy (non-hydrogen) atoms. The van der Waals surface area contributed by atoms with Crippen LogP contribution in [0.25, 0.3) is 54.6 Å². The van der Waals surface area contributed by atoms with Crippen molar-refractivity contribution in [3.63, 3.8) is 0 Å². The summed E-state index contributed by atoms with van der Waals surface area (Å²) in [5.74, 6) is -2.07. The monoisotopic (exact) mass is 502 g/mol. The zero-order valence-corrected chi connectivity index (χ0v) is 19.5. The fourth-order valence-corrected chi connectivity index (χ4v) is 5.24. The van der Waals surface area contributed by atoms with Crippen molar-refractivity contribution in [2.45, 2.75) is 0 Å². The van der Waals surface area contributed by atoms with Crippen LogP contribution in [0.15, 0.2) is 84.9 Å². The van der Waals surface area contributed by atoms with Gasteiger partial charge in [-0.05, 0) is 81.6 Å². The topological polar surface area (TPSA) is 47.6 Å². The molecule has 6 rings (SSSR count). The van der Waals surface area contributed by atoms with Crippen LogP contribution in [-0.4, -0.2) is 0 Å². The van der Waals surface area contributed by atoms with Crippen LogP contribution in [0, 0.1) is 45.9 Å². The number of halogens is 4. The van der Waals surface area contributed by atoms with Gasteiger partial charge in [-0.15, -0.1) is 0 Å². The standard InChI is InChI=1S/C32H14F4N2/c33-19-5-1-17(2-6-19)29-23-11-9-21(35)13-25(23)28(16-38)32-30(18-3-7-20(34)8-4-18)24-12-10-22(36)14-26(24)27(15-37)31(29)32/h1-14H. The Morgan fingerprint density at radius 3 is 1.11 bits per heavy atom. The summed E-state index contributed by atoms with van der Waals surface area (Å²) in [4.78, 5) is 0. The third-order valence-electron chi connectivity index (χ3n) is 6.78. The van der Waals surface area contributed by atoms with Crippen molar-refractivity contribution < 1.29 is 17.6 Å². The Balaban J connectivity index is 2.01. The lowest BCUT2D eigenvalue weighted by Crippen LogP contribution is -1.98. The van der Waals surface area contributed by atoms with E-state index < -0.39 is 23.3 Å². The molecule has 6 aromatic carbocycles. The number of fused-ring (bicyclic) bond motifs is 3. The zero-order chi connectivity index (χ0) is 26.6. The largest absolute Gasteiger partial charge is 0.207 e. The lowest BCUT2D eigenvalue weighted by atomic mass is 9.80. The zero-order valence-electron chi connectivity index (χ0n) is 19.5. The number of hydrogen-bond donors (Lipinski definition) is 0. The Hall–Kier alpha value is -5.20. The number of hydrogen-bond acceptors (Lipinski definition) is 2. The molecule has 0 unspecified atom stereocenters. The normalized spacial score (nSPS) is 11.1. The van der Waals surface area contributed by atoms with E-state index >= 15 is 0 Å². The maximum atomic E-state index is 14.6. The highest BCUT2D eigenvalue weighted by Crippen LogP contribution is 2.48. The molecule has 0 saturated carbocycles. The van der Waals surface area contributed by atoms with Crippen LogP contribution in [-0.2, 0) is 0 Å². The highest BCUT2D eigenvalue weighted by molar-refractivity contribution is 6.27. The van der Waals surface area contributed by atoms with Crippen LogP contribution in [0.4, 0.5) is 17.6 Å². The van der Waals surface area contributed by atoms with E-state index in [4.69, 9.17) is 0 Å². The Labute approximate surface area is 214 Å². The van der Waals surface area contributed by atoms with E-state index in [-0.39, 0.29) is 11.1 Å². The molecule has 2 nitrogen and oxygen atoms in total. The first-order valence-corrected chi connectivity index (χ1v) is 11.6. The van der Waals surface area contributed by atoms with Crippen LogP contribution in [0.1, 0.15) is 11.1 Å². The van der Waals surface area contributed by atoms with Crippen LogP contribution >= 0.6 is 0 Å². The third-order valence-corrected chi connectivity index (χ3v) is 6.78. The molecule has 180 valence electrons. The van der Waals surface area contributed by atoms with Gasteiger partial charge in [-0.2, -0.15) is 10.5 Å². The van der Waals surface area contributed by atoms with Gasteiger partial charge in [-0.25, -0.2) is 17.6 Å². The summed E-state index contributed by atoms with van der Waals surface area (Å²) in [6, 6.07) is 23.6. The fourth-order valence-electron chi connectivity index (χ4n) is 5.24. The highest BCUT2D eigenvalue weighted by Gasteiger charge is 2.25.